The Labute approximate surface area is 129 Å². The van der Waals surface area contributed by atoms with Crippen molar-refractivity contribution in [3.05, 3.63) is 42.7 Å². The van der Waals surface area contributed by atoms with Crippen molar-refractivity contribution in [1.29, 1.82) is 0 Å². The second-order valence-electron chi connectivity index (χ2n) is 5.22. The summed E-state index contributed by atoms with van der Waals surface area (Å²) in [7, 11) is 0. The molecule has 3 rings (SSSR count). The van der Waals surface area contributed by atoms with E-state index in [-0.39, 0.29) is 12.0 Å². The van der Waals surface area contributed by atoms with Crippen LogP contribution in [0.4, 0.5) is 0 Å². The minimum absolute atomic E-state index is 0.150. The van der Waals surface area contributed by atoms with Crippen LogP contribution in [0.1, 0.15) is 13.3 Å². The number of amides is 1. The van der Waals surface area contributed by atoms with E-state index >= 15 is 0 Å². The SMILES string of the molecule is C[C@H]1Oc2ccccc2O[C@H]1C(=O)NCCCn1cccn1. The largest absolute Gasteiger partial charge is 0.482 e. The summed E-state index contributed by atoms with van der Waals surface area (Å²) in [4.78, 5) is 12.2. The molecular formula is C16H19N3O3. The molecule has 0 saturated heterocycles. The molecule has 1 aromatic carbocycles. The number of fused-ring (bicyclic) bond motifs is 1. The van der Waals surface area contributed by atoms with Crippen molar-refractivity contribution in [1.82, 2.24) is 15.1 Å². The Morgan fingerprint density at radius 2 is 2.05 bits per heavy atom. The van der Waals surface area contributed by atoms with Crippen LogP contribution in [0.25, 0.3) is 0 Å². The average molecular weight is 301 g/mol. The van der Waals surface area contributed by atoms with Crippen molar-refractivity contribution in [2.75, 3.05) is 6.54 Å². The first kappa shape index (κ1) is 14.4. The molecule has 1 aliphatic heterocycles. The van der Waals surface area contributed by atoms with E-state index in [9.17, 15) is 4.79 Å². The maximum Gasteiger partial charge on any atom is 0.265 e. The number of carbonyl (C=O) groups excluding carboxylic acids is 1. The molecule has 1 amide bonds. The standard InChI is InChI=1S/C16H19N3O3/c1-12-15(22-14-7-3-2-6-13(14)21-12)16(20)17-8-4-10-19-11-5-9-18-19/h2-3,5-7,9,11-12,15H,4,8,10H2,1H3,(H,17,20)/t12-,15-/m1/s1. The van der Waals surface area contributed by atoms with Gasteiger partial charge in [-0.25, -0.2) is 0 Å². The van der Waals surface area contributed by atoms with Gasteiger partial charge in [-0.3, -0.25) is 9.48 Å². The van der Waals surface area contributed by atoms with E-state index in [1.807, 2.05) is 42.1 Å². The van der Waals surface area contributed by atoms with Gasteiger partial charge in [-0.05, 0) is 31.5 Å². The van der Waals surface area contributed by atoms with Crippen molar-refractivity contribution in [3.63, 3.8) is 0 Å². The first-order chi connectivity index (χ1) is 10.7. The van der Waals surface area contributed by atoms with Crippen LogP contribution >= 0.6 is 0 Å². The third-order valence-electron chi connectivity index (χ3n) is 3.52. The third-order valence-corrected chi connectivity index (χ3v) is 3.52. The quantitative estimate of drug-likeness (QED) is 0.852. The number of aromatic nitrogens is 2. The van der Waals surface area contributed by atoms with Crippen molar-refractivity contribution in [2.45, 2.75) is 32.1 Å². The van der Waals surface area contributed by atoms with E-state index in [4.69, 9.17) is 9.47 Å². The molecular weight excluding hydrogens is 282 g/mol. The highest BCUT2D eigenvalue weighted by atomic mass is 16.6. The van der Waals surface area contributed by atoms with Crippen LogP contribution in [0.15, 0.2) is 42.7 Å². The fourth-order valence-electron chi connectivity index (χ4n) is 2.39. The molecule has 0 spiro atoms. The number of hydrogen-bond donors (Lipinski definition) is 1. The number of para-hydroxylation sites is 2. The van der Waals surface area contributed by atoms with Gasteiger partial charge in [0.15, 0.2) is 11.5 Å². The predicted octanol–water partition coefficient (Wildman–Crippen LogP) is 1.62. The van der Waals surface area contributed by atoms with Crippen LogP contribution in [0.5, 0.6) is 11.5 Å². The smallest absolute Gasteiger partial charge is 0.265 e. The van der Waals surface area contributed by atoms with Gasteiger partial charge in [-0.2, -0.15) is 5.10 Å². The lowest BCUT2D eigenvalue weighted by Gasteiger charge is -2.31. The number of aryl methyl sites for hydroxylation is 1. The highest BCUT2D eigenvalue weighted by Gasteiger charge is 2.33. The number of carbonyl (C=O) groups is 1. The molecule has 6 nitrogen and oxygen atoms in total. The van der Waals surface area contributed by atoms with Crippen LogP contribution < -0.4 is 14.8 Å². The van der Waals surface area contributed by atoms with Crippen molar-refractivity contribution in [2.24, 2.45) is 0 Å². The van der Waals surface area contributed by atoms with Crippen molar-refractivity contribution >= 4 is 5.91 Å². The van der Waals surface area contributed by atoms with Gasteiger partial charge in [-0.1, -0.05) is 12.1 Å². The number of ether oxygens (including phenoxy) is 2. The molecule has 6 heteroatoms. The van der Waals surface area contributed by atoms with Gasteiger partial charge in [0.2, 0.25) is 6.10 Å². The molecule has 0 fully saturated rings. The monoisotopic (exact) mass is 301 g/mol. The van der Waals surface area contributed by atoms with Gasteiger partial charge in [-0.15, -0.1) is 0 Å². The van der Waals surface area contributed by atoms with Crippen LogP contribution in [0.2, 0.25) is 0 Å². The Morgan fingerprint density at radius 3 is 2.77 bits per heavy atom. The molecule has 116 valence electrons. The lowest BCUT2D eigenvalue weighted by Crippen LogP contribution is -2.49. The lowest BCUT2D eigenvalue weighted by atomic mass is 10.1. The van der Waals surface area contributed by atoms with E-state index in [1.165, 1.54) is 0 Å². The molecule has 0 aliphatic carbocycles. The Bertz CT molecular complexity index is 627. The number of nitrogens with one attached hydrogen (secondary N) is 1. The second-order valence-corrected chi connectivity index (χ2v) is 5.22. The zero-order valence-electron chi connectivity index (χ0n) is 12.4. The minimum atomic E-state index is -0.625. The van der Waals surface area contributed by atoms with E-state index in [0.717, 1.165) is 13.0 Å². The lowest BCUT2D eigenvalue weighted by molar-refractivity contribution is -0.133. The Morgan fingerprint density at radius 1 is 1.27 bits per heavy atom. The van der Waals surface area contributed by atoms with Crippen LogP contribution in [-0.2, 0) is 11.3 Å². The van der Waals surface area contributed by atoms with Crippen molar-refractivity contribution < 1.29 is 14.3 Å². The van der Waals surface area contributed by atoms with E-state index in [2.05, 4.69) is 10.4 Å². The summed E-state index contributed by atoms with van der Waals surface area (Å²) in [5.41, 5.74) is 0. The number of nitrogens with zero attached hydrogens (tertiary/aromatic N) is 2. The van der Waals surface area contributed by atoms with Crippen LogP contribution in [0, 0.1) is 0 Å². The maximum absolute atomic E-state index is 12.2. The number of rotatable bonds is 5. The first-order valence-electron chi connectivity index (χ1n) is 7.41. The Kier molecular flexibility index (Phi) is 4.27. The first-order valence-corrected chi connectivity index (χ1v) is 7.41. The zero-order chi connectivity index (χ0) is 15.4. The summed E-state index contributed by atoms with van der Waals surface area (Å²) in [6.45, 7) is 3.19. The highest BCUT2D eigenvalue weighted by molar-refractivity contribution is 5.82. The van der Waals surface area contributed by atoms with Gasteiger partial charge >= 0.3 is 0 Å². The van der Waals surface area contributed by atoms with E-state index < -0.39 is 6.10 Å². The molecule has 2 atom stereocenters. The number of hydrogen-bond acceptors (Lipinski definition) is 4. The molecule has 1 N–H and O–H groups in total. The molecule has 1 aromatic heterocycles. The van der Waals surface area contributed by atoms with Crippen LogP contribution in [-0.4, -0.2) is 34.4 Å². The fourth-order valence-corrected chi connectivity index (χ4v) is 2.39. The molecule has 0 bridgehead atoms. The maximum atomic E-state index is 12.2. The third kappa shape index (κ3) is 3.21. The van der Waals surface area contributed by atoms with E-state index in [0.29, 0.717) is 18.0 Å². The minimum Gasteiger partial charge on any atom is -0.482 e. The van der Waals surface area contributed by atoms with E-state index in [1.54, 1.807) is 12.3 Å². The fraction of sp³-hybridized carbons (Fsp3) is 0.375. The average Bonchev–Trinajstić information content (AvgIpc) is 3.04. The zero-order valence-corrected chi connectivity index (χ0v) is 12.4. The summed E-state index contributed by atoms with van der Waals surface area (Å²) < 4.78 is 13.3. The molecule has 0 radical (unpaired) electrons. The van der Waals surface area contributed by atoms with Gasteiger partial charge in [0.1, 0.15) is 6.10 Å². The van der Waals surface area contributed by atoms with Gasteiger partial charge in [0, 0.05) is 25.5 Å². The highest BCUT2D eigenvalue weighted by Crippen LogP contribution is 2.33. The predicted molar refractivity (Wildman–Crippen MR) is 80.8 cm³/mol. The molecule has 0 saturated carbocycles. The normalized spacial score (nSPS) is 19.7. The summed E-state index contributed by atoms with van der Waals surface area (Å²) in [6, 6.07) is 9.26. The Hall–Kier alpha value is -2.50. The molecule has 2 aromatic rings. The van der Waals surface area contributed by atoms with Gasteiger partial charge < -0.3 is 14.8 Å². The topological polar surface area (TPSA) is 65.4 Å². The molecule has 22 heavy (non-hydrogen) atoms. The number of benzene rings is 1. The summed E-state index contributed by atoms with van der Waals surface area (Å²) in [6.07, 6.45) is 3.51. The summed E-state index contributed by atoms with van der Waals surface area (Å²) in [5.74, 6) is 1.14. The second kappa shape index (κ2) is 6.51. The van der Waals surface area contributed by atoms with Gasteiger partial charge in [0.05, 0.1) is 0 Å². The molecule has 1 aliphatic rings. The summed E-state index contributed by atoms with van der Waals surface area (Å²) >= 11 is 0. The summed E-state index contributed by atoms with van der Waals surface area (Å²) in [5, 5.41) is 7.01. The van der Waals surface area contributed by atoms with Gasteiger partial charge in [0.25, 0.3) is 5.91 Å². The molecule has 0 unspecified atom stereocenters. The van der Waals surface area contributed by atoms with Crippen molar-refractivity contribution in [3.8, 4) is 11.5 Å². The molecule has 2 heterocycles. The Balaban J connectivity index is 1.50. The van der Waals surface area contributed by atoms with Crippen LogP contribution in [0.3, 0.4) is 0 Å².